The molecule has 2 amide bonds. The van der Waals surface area contributed by atoms with Crippen molar-refractivity contribution in [1.29, 1.82) is 0 Å². The predicted octanol–water partition coefficient (Wildman–Crippen LogP) is 1.80. The minimum Gasteiger partial charge on any atom is -0.466 e. The smallest absolute Gasteiger partial charge is 0.309 e. The Morgan fingerprint density at radius 1 is 1.11 bits per heavy atom. The fraction of sp³-hybridized carbons (Fsp3) is 0.500. The Balaban J connectivity index is 1.66. The van der Waals surface area contributed by atoms with Crippen LogP contribution < -0.4 is 4.90 Å². The molecule has 0 bridgehead atoms. The van der Waals surface area contributed by atoms with Crippen molar-refractivity contribution in [2.45, 2.75) is 39.2 Å². The van der Waals surface area contributed by atoms with Crippen LogP contribution in [0.3, 0.4) is 0 Å². The van der Waals surface area contributed by atoms with Crippen molar-refractivity contribution >= 4 is 29.3 Å². The van der Waals surface area contributed by atoms with Gasteiger partial charge >= 0.3 is 5.97 Å². The number of Topliss-reactive ketones (excluding diaryl/α,β-unsaturated/α-hetero) is 1. The van der Waals surface area contributed by atoms with Crippen LogP contribution in [-0.2, 0) is 19.1 Å². The SMILES string of the molecule is CCOC(=O)C1CCN(C2CC(=O)N(c3ccc(C(C)=O)cc3)C2=O)CC1. The fourth-order valence-electron chi connectivity index (χ4n) is 3.72. The normalized spacial score (nSPS) is 21.6. The number of rotatable bonds is 5. The highest BCUT2D eigenvalue weighted by atomic mass is 16.5. The number of ketones is 1. The summed E-state index contributed by atoms with van der Waals surface area (Å²) in [6.07, 6.45) is 1.39. The van der Waals surface area contributed by atoms with Crippen molar-refractivity contribution in [1.82, 2.24) is 4.90 Å². The maximum Gasteiger partial charge on any atom is 0.309 e. The first-order valence-electron chi connectivity index (χ1n) is 9.30. The minimum absolute atomic E-state index is 0.0667. The monoisotopic (exact) mass is 372 g/mol. The zero-order valence-electron chi connectivity index (χ0n) is 15.6. The Morgan fingerprint density at radius 2 is 1.74 bits per heavy atom. The van der Waals surface area contributed by atoms with E-state index in [1.807, 2.05) is 4.90 Å². The third kappa shape index (κ3) is 3.93. The number of benzene rings is 1. The molecule has 1 unspecified atom stereocenters. The number of hydrogen-bond acceptors (Lipinski definition) is 6. The average Bonchev–Trinajstić information content (AvgIpc) is 2.96. The van der Waals surface area contributed by atoms with Gasteiger partial charge in [-0.1, -0.05) is 0 Å². The van der Waals surface area contributed by atoms with Crippen LogP contribution in [0.15, 0.2) is 24.3 Å². The zero-order valence-corrected chi connectivity index (χ0v) is 15.6. The Hall–Kier alpha value is -2.54. The molecule has 2 aliphatic rings. The van der Waals surface area contributed by atoms with Crippen LogP contribution in [0.4, 0.5) is 5.69 Å². The predicted molar refractivity (Wildman–Crippen MR) is 98.3 cm³/mol. The van der Waals surface area contributed by atoms with Crippen molar-refractivity contribution in [3.8, 4) is 0 Å². The van der Waals surface area contributed by atoms with Gasteiger partial charge in [0.25, 0.3) is 5.91 Å². The molecule has 0 saturated carbocycles. The molecule has 7 nitrogen and oxygen atoms in total. The summed E-state index contributed by atoms with van der Waals surface area (Å²) < 4.78 is 5.07. The van der Waals surface area contributed by atoms with Crippen LogP contribution >= 0.6 is 0 Å². The lowest BCUT2D eigenvalue weighted by Gasteiger charge is -2.33. The highest BCUT2D eigenvalue weighted by molar-refractivity contribution is 6.22. The van der Waals surface area contributed by atoms with Crippen LogP contribution in [0.25, 0.3) is 0 Å². The largest absolute Gasteiger partial charge is 0.466 e. The molecule has 0 radical (unpaired) electrons. The molecule has 1 aromatic carbocycles. The molecule has 0 aromatic heterocycles. The van der Waals surface area contributed by atoms with E-state index in [1.54, 1.807) is 31.2 Å². The second-order valence-corrected chi connectivity index (χ2v) is 6.95. The van der Waals surface area contributed by atoms with Gasteiger partial charge in [-0.3, -0.25) is 24.1 Å². The molecule has 1 atom stereocenters. The van der Waals surface area contributed by atoms with Crippen LogP contribution in [0.2, 0.25) is 0 Å². The number of esters is 1. The summed E-state index contributed by atoms with van der Waals surface area (Å²) in [6, 6.07) is 6.00. The van der Waals surface area contributed by atoms with Crippen LogP contribution in [0.1, 0.15) is 43.5 Å². The summed E-state index contributed by atoms with van der Waals surface area (Å²) in [5.74, 6) is -0.872. The summed E-state index contributed by atoms with van der Waals surface area (Å²) in [7, 11) is 0. The van der Waals surface area contributed by atoms with E-state index in [9.17, 15) is 19.2 Å². The van der Waals surface area contributed by atoms with Gasteiger partial charge in [-0.15, -0.1) is 0 Å². The lowest BCUT2D eigenvalue weighted by atomic mass is 9.95. The fourth-order valence-corrected chi connectivity index (χ4v) is 3.72. The van der Waals surface area contributed by atoms with Gasteiger partial charge in [0.15, 0.2) is 5.78 Å². The van der Waals surface area contributed by atoms with Crippen molar-refractivity contribution in [3.05, 3.63) is 29.8 Å². The van der Waals surface area contributed by atoms with Gasteiger partial charge in [-0.05, 0) is 64.0 Å². The summed E-state index contributed by atoms with van der Waals surface area (Å²) in [5, 5.41) is 0. The first-order chi connectivity index (χ1) is 12.9. The van der Waals surface area contributed by atoms with E-state index in [2.05, 4.69) is 0 Å². The molecular weight excluding hydrogens is 348 g/mol. The molecule has 0 aliphatic carbocycles. The highest BCUT2D eigenvalue weighted by Gasteiger charge is 2.44. The van der Waals surface area contributed by atoms with E-state index in [0.717, 1.165) is 0 Å². The van der Waals surface area contributed by atoms with Gasteiger partial charge in [0, 0.05) is 5.56 Å². The Labute approximate surface area is 158 Å². The topological polar surface area (TPSA) is 84.0 Å². The van der Waals surface area contributed by atoms with Crippen molar-refractivity contribution in [3.63, 3.8) is 0 Å². The van der Waals surface area contributed by atoms with Crippen LogP contribution in [-0.4, -0.2) is 54.2 Å². The van der Waals surface area contributed by atoms with E-state index in [4.69, 9.17) is 4.74 Å². The third-order valence-corrected chi connectivity index (χ3v) is 5.25. The van der Waals surface area contributed by atoms with E-state index >= 15 is 0 Å². The molecule has 2 saturated heterocycles. The zero-order chi connectivity index (χ0) is 19.6. The molecule has 27 heavy (non-hydrogen) atoms. The van der Waals surface area contributed by atoms with Crippen LogP contribution in [0, 0.1) is 5.92 Å². The van der Waals surface area contributed by atoms with Crippen molar-refractivity contribution in [2.75, 3.05) is 24.6 Å². The molecule has 7 heteroatoms. The number of hydrogen-bond donors (Lipinski definition) is 0. The first kappa shape index (κ1) is 19.2. The number of imide groups is 1. The maximum absolute atomic E-state index is 12.9. The molecule has 2 aliphatic heterocycles. The van der Waals surface area contributed by atoms with Crippen molar-refractivity contribution < 1.29 is 23.9 Å². The summed E-state index contributed by atoms with van der Waals surface area (Å²) in [5.41, 5.74) is 1.02. The molecule has 0 spiro atoms. The Morgan fingerprint density at radius 3 is 2.30 bits per heavy atom. The minimum atomic E-state index is -0.492. The van der Waals surface area contributed by atoms with Gasteiger partial charge in [-0.2, -0.15) is 0 Å². The quantitative estimate of drug-likeness (QED) is 0.445. The first-order valence-corrected chi connectivity index (χ1v) is 9.30. The number of carbonyl (C=O) groups is 4. The molecule has 3 rings (SSSR count). The van der Waals surface area contributed by atoms with Gasteiger partial charge in [0.05, 0.1) is 30.7 Å². The number of amides is 2. The summed E-state index contributed by atoms with van der Waals surface area (Å²) >= 11 is 0. The number of piperidine rings is 1. The van der Waals surface area contributed by atoms with E-state index in [0.29, 0.717) is 43.8 Å². The summed E-state index contributed by atoms with van der Waals surface area (Å²) in [6.45, 7) is 4.80. The second-order valence-electron chi connectivity index (χ2n) is 6.95. The van der Waals surface area contributed by atoms with Gasteiger partial charge in [0.1, 0.15) is 0 Å². The van der Waals surface area contributed by atoms with E-state index < -0.39 is 6.04 Å². The molecule has 0 N–H and O–H groups in total. The van der Waals surface area contributed by atoms with Gasteiger partial charge in [0.2, 0.25) is 5.91 Å². The van der Waals surface area contributed by atoms with E-state index in [-0.39, 0.29) is 35.9 Å². The van der Waals surface area contributed by atoms with E-state index in [1.165, 1.54) is 11.8 Å². The highest BCUT2D eigenvalue weighted by Crippen LogP contribution is 2.29. The van der Waals surface area contributed by atoms with Gasteiger partial charge < -0.3 is 4.74 Å². The molecular formula is C20H24N2O5. The number of likely N-dealkylation sites (tertiary alicyclic amines) is 1. The van der Waals surface area contributed by atoms with Crippen molar-refractivity contribution in [2.24, 2.45) is 5.92 Å². The lowest BCUT2D eigenvalue weighted by Crippen LogP contribution is -2.47. The number of carbonyl (C=O) groups excluding carboxylic acids is 4. The number of anilines is 1. The second kappa shape index (κ2) is 8.00. The number of nitrogens with zero attached hydrogens (tertiary/aromatic N) is 2. The number of ether oxygens (including phenoxy) is 1. The standard InChI is InChI=1S/C20H24N2O5/c1-3-27-20(26)15-8-10-21(11-9-15)17-12-18(24)22(19(17)25)16-6-4-14(5-7-16)13(2)23/h4-7,15,17H,3,8-12H2,1-2H3. The van der Waals surface area contributed by atoms with Gasteiger partial charge in [-0.25, -0.2) is 4.90 Å². The molecule has 144 valence electrons. The van der Waals surface area contributed by atoms with Crippen LogP contribution in [0.5, 0.6) is 0 Å². The maximum atomic E-state index is 12.9. The summed E-state index contributed by atoms with van der Waals surface area (Å²) in [4.78, 5) is 51.8. The molecule has 2 heterocycles. The average molecular weight is 372 g/mol. The lowest BCUT2D eigenvalue weighted by molar-refractivity contribution is -0.149. The Bertz CT molecular complexity index is 750. The molecule has 1 aromatic rings. The molecule has 2 fully saturated rings. The third-order valence-electron chi connectivity index (χ3n) is 5.25. The Kier molecular flexibility index (Phi) is 5.70.